The summed E-state index contributed by atoms with van der Waals surface area (Å²) in [6, 6.07) is 24.4. The first kappa shape index (κ1) is 27.9. The zero-order chi connectivity index (χ0) is 31.5. The fourth-order valence-corrected chi connectivity index (χ4v) is 5.33. The normalized spacial score (nSPS) is 10.8. The van der Waals surface area contributed by atoms with Crippen molar-refractivity contribution in [3.63, 3.8) is 0 Å². The van der Waals surface area contributed by atoms with Gasteiger partial charge in [0.05, 0.1) is 41.2 Å². The predicted octanol–water partition coefficient (Wildman–Crippen LogP) is 6.81. The monoisotopic (exact) mass is 604 g/mol. The molecule has 0 aliphatic heterocycles. The number of nitrogens with zero attached hydrogens (tertiary/aromatic N) is 8. The van der Waals surface area contributed by atoms with Crippen molar-refractivity contribution in [1.82, 2.24) is 39.5 Å². The lowest BCUT2D eigenvalue weighted by atomic mass is 10.0. The van der Waals surface area contributed by atoms with Gasteiger partial charge in [-0.1, -0.05) is 36.4 Å². The third-order valence-electron chi connectivity index (χ3n) is 7.52. The van der Waals surface area contributed by atoms with Gasteiger partial charge in [-0.3, -0.25) is 10.1 Å². The van der Waals surface area contributed by atoms with Crippen LogP contribution in [0.15, 0.2) is 122 Å². The van der Waals surface area contributed by atoms with Crippen LogP contribution in [0.3, 0.4) is 0 Å². The van der Waals surface area contributed by atoms with Gasteiger partial charge < -0.3 is 9.97 Å². The predicted molar refractivity (Wildman–Crippen MR) is 173 cm³/mol. The third kappa shape index (κ3) is 5.36. The van der Waals surface area contributed by atoms with E-state index >= 15 is 0 Å². The van der Waals surface area contributed by atoms with Gasteiger partial charge in [-0.25, -0.2) is 19.3 Å². The summed E-state index contributed by atoms with van der Waals surface area (Å²) in [4.78, 5) is 25.2. The number of aromatic amines is 2. The van der Waals surface area contributed by atoms with Crippen molar-refractivity contribution in [3.8, 4) is 39.7 Å². The zero-order valence-corrected chi connectivity index (χ0v) is 24.1. The Labute approximate surface area is 261 Å². The van der Waals surface area contributed by atoms with Crippen molar-refractivity contribution in [2.24, 2.45) is 0 Å². The molecule has 12 heteroatoms. The van der Waals surface area contributed by atoms with Crippen LogP contribution in [-0.4, -0.2) is 44.4 Å². The standard InChI is InChI=1S/C18H13N5.C16H11N5O2/c19-8-5-13-3-1-2-4-15(13)14-11-22-23(12-14)17-7-10-21-18-16(17)6-9-20-18;22-21(23)13-3-1-2-11(8-13)12-9-19-20(10-12)15-5-7-18-16-14(15)4-6-17-16/h1-4,6-7,9-12H,5H2,(H,20,21);1-10H,(H,17,18). The van der Waals surface area contributed by atoms with Crippen LogP contribution in [0.1, 0.15) is 5.56 Å². The second-order valence-corrected chi connectivity index (χ2v) is 10.3. The van der Waals surface area contributed by atoms with Gasteiger partial charge in [-0.2, -0.15) is 15.5 Å². The molecule has 6 aromatic heterocycles. The van der Waals surface area contributed by atoms with Crippen LogP contribution < -0.4 is 0 Å². The van der Waals surface area contributed by atoms with Gasteiger partial charge in [0.2, 0.25) is 0 Å². The number of non-ortho nitro benzene ring substituents is 1. The highest BCUT2D eigenvalue weighted by Crippen LogP contribution is 2.27. The topological polar surface area (TPSA) is 160 Å². The maximum absolute atomic E-state index is 10.9. The highest BCUT2D eigenvalue weighted by Gasteiger charge is 2.12. The number of nitriles is 1. The Bertz CT molecular complexity index is 2370. The first-order chi connectivity index (χ1) is 22.6. The molecule has 0 saturated heterocycles. The van der Waals surface area contributed by atoms with Gasteiger partial charge in [-0.15, -0.1) is 0 Å². The number of nitrogens with one attached hydrogen (secondary N) is 2. The van der Waals surface area contributed by atoms with Gasteiger partial charge in [0, 0.05) is 71.2 Å². The molecule has 2 N–H and O–H groups in total. The Hall–Kier alpha value is -6.87. The van der Waals surface area contributed by atoms with Gasteiger partial charge in [0.1, 0.15) is 11.3 Å². The molecule has 0 spiro atoms. The van der Waals surface area contributed by atoms with Gasteiger partial charge in [-0.05, 0) is 41.0 Å². The van der Waals surface area contributed by atoms with Crippen LogP contribution in [0.5, 0.6) is 0 Å². The molecule has 0 saturated carbocycles. The van der Waals surface area contributed by atoms with Crippen molar-refractivity contribution in [3.05, 3.63) is 138 Å². The fourth-order valence-electron chi connectivity index (χ4n) is 5.33. The summed E-state index contributed by atoms with van der Waals surface area (Å²) in [6.07, 6.45) is 14.9. The molecule has 0 aliphatic carbocycles. The molecule has 6 heterocycles. The Morgan fingerprint density at radius 2 is 1.39 bits per heavy atom. The molecule has 8 rings (SSSR count). The average Bonchev–Trinajstić information content (AvgIpc) is 3.92. The van der Waals surface area contributed by atoms with E-state index in [0.29, 0.717) is 6.42 Å². The lowest BCUT2D eigenvalue weighted by molar-refractivity contribution is -0.384. The molecule has 8 aromatic rings. The molecule has 0 bridgehead atoms. The van der Waals surface area contributed by atoms with Crippen LogP contribution in [0.4, 0.5) is 5.69 Å². The minimum absolute atomic E-state index is 0.0622. The second-order valence-electron chi connectivity index (χ2n) is 10.3. The summed E-state index contributed by atoms with van der Waals surface area (Å²) in [5.74, 6) is 0. The number of H-pyrrole nitrogens is 2. The number of benzene rings is 2. The zero-order valence-electron chi connectivity index (χ0n) is 24.1. The number of hydrogen-bond donors (Lipinski definition) is 2. The average molecular weight is 605 g/mol. The third-order valence-corrected chi connectivity index (χ3v) is 7.52. The first-order valence-electron chi connectivity index (χ1n) is 14.2. The summed E-state index contributed by atoms with van der Waals surface area (Å²) in [5, 5.41) is 30.7. The van der Waals surface area contributed by atoms with Crippen molar-refractivity contribution < 1.29 is 4.92 Å². The van der Waals surface area contributed by atoms with Gasteiger partial charge in [0.25, 0.3) is 5.69 Å². The molecular formula is C34H24N10O2. The summed E-state index contributed by atoms with van der Waals surface area (Å²) < 4.78 is 3.59. The van der Waals surface area contributed by atoms with Crippen LogP contribution in [0, 0.1) is 21.4 Å². The SMILES string of the molecule is N#CCc1ccccc1-c1cnn(-c2ccnc3[nH]ccc23)c1.O=[N+]([O-])c1cccc(-c2cnn(-c3ccnc4[nH]ccc34)c2)c1. The number of pyridine rings is 2. The van der Waals surface area contributed by atoms with Gasteiger partial charge in [0.15, 0.2) is 0 Å². The number of aromatic nitrogens is 8. The van der Waals surface area contributed by atoms with Crippen LogP contribution in [0.2, 0.25) is 0 Å². The van der Waals surface area contributed by atoms with Gasteiger partial charge >= 0.3 is 0 Å². The molecule has 222 valence electrons. The Morgan fingerprint density at radius 1 is 0.761 bits per heavy atom. The van der Waals surface area contributed by atoms with Crippen LogP contribution in [0.25, 0.3) is 55.7 Å². The van der Waals surface area contributed by atoms with Crippen molar-refractivity contribution in [1.29, 1.82) is 5.26 Å². The largest absolute Gasteiger partial charge is 0.346 e. The van der Waals surface area contributed by atoms with E-state index in [1.54, 1.807) is 35.4 Å². The number of nitro benzene ring substituents is 1. The lowest BCUT2D eigenvalue weighted by Crippen LogP contribution is -1.95. The van der Waals surface area contributed by atoms with E-state index in [2.05, 4.69) is 36.2 Å². The Kier molecular flexibility index (Phi) is 7.30. The quantitative estimate of drug-likeness (QED) is 0.156. The smallest absolute Gasteiger partial charge is 0.270 e. The minimum atomic E-state index is -0.403. The molecule has 0 atom stereocenters. The fraction of sp³-hybridized carbons (Fsp3) is 0.0294. The van der Waals surface area contributed by atoms with E-state index in [1.807, 2.05) is 90.3 Å². The summed E-state index contributed by atoms with van der Waals surface area (Å²) in [6.45, 7) is 0. The van der Waals surface area contributed by atoms with E-state index in [-0.39, 0.29) is 5.69 Å². The van der Waals surface area contributed by atoms with E-state index < -0.39 is 4.92 Å². The van der Waals surface area contributed by atoms with Crippen LogP contribution >= 0.6 is 0 Å². The Balaban J connectivity index is 0.000000147. The van der Waals surface area contributed by atoms with Crippen molar-refractivity contribution in [2.45, 2.75) is 6.42 Å². The number of hydrogen-bond acceptors (Lipinski definition) is 7. The summed E-state index contributed by atoms with van der Waals surface area (Å²) >= 11 is 0. The molecular weight excluding hydrogens is 580 g/mol. The minimum Gasteiger partial charge on any atom is -0.346 e. The van der Waals surface area contributed by atoms with E-state index in [1.165, 1.54) is 6.07 Å². The number of nitro groups is 1. The molecule has 2 aromatic carbocycles. The molecule has 0 fully saturated rings. The molecule has 46 heavy (non-hydrogen) atoms. The maximum atomic E-state index is 10.9. The second kappa shape index (κ2) is 12.0. The molecule has 0 aliphatic rings. The van der Waals surface area contributed by atoms with E-state index in [9.17, 15) is 10.1 Å². The number of fused-ring (bicyclic) bond motifs is 2. The molecule has 12 nitrogen and oxygen atoms in total. The highest BCUT2D eigenvalue weighted by molar-refractivity contribution is 5.85. The first-order valence-corrected chi connectivity index (χ1v) is 14.2. The maximum Gasteiger partial charge on any atom is 0.270 e. The van der Waals surface area contributed by atoms with E-state index in [4.69, 9.17) is 5.26 Å². The number of rotatable bonds is 6. The van der Waals surface area contributed by atoms with Crippen LogP contribution in [-0.2, 0) is 6.42 Å². The Morgan fingerprint density at radius 3 is 2.04 bits per heavy atom. The molecule has 0 amide bonds. The van der Waals surface area contributed by atoms with Crippen molar-refractivity contribution >= 4 is 27.8 Å². The summed E-state index contributed by atoms with van der Waals surface area (Å²) in [5.41, 5.74) is 8.17. The molecule has 0 radical (unpaired) electrons. The van der Waals surface area contributed by atoms with E-state index in [0.717, 1.165) is 61.3 Å². The molecule has 0 unspecified atom stereocenters. The lowest BCUT2D eigenvalue weighted by Gasteiger charge is -2.04. The van der Waals surface area contributed by atoms with Crippen molar-refractivity contribution in [2.75, 3.05) is 0 Å². The highest BCUT2D eigenvalue weighted by atomic mass is 16.6. The summed E-state index contributed by atoms with van der Waals surface area (Å²) in [7, 11) is 0.